The monoisotopic (exact) mass is 308 g/mol. The summed E-state index contributed by atoms with van der Waals surface area (Å²) in [5.41, 5.74) is 3.43. The number of nitrogens with one attached hydrogen (secondary N) is 3. The summed E-state index contributed by atoms with van der Waals surface area (Å²) in [4.78, 5) is 30.9. The minimum atomic E-state index is -0.223. The predicted molar refractivity (Wildman–Crippen MR) is 89.5 cm³/mol. The third-order valence-electron chi connectivity index (χ3n) is 3.30. The number of imidazole rings is 1. The Kier molecular flexibility index (Phi) is 3.80. The molecule has 3 N–H and O–H groups in total. The van der Waals surface area contributed by atoms with Crippen LogP contribution >= 0.6 is 0 Å². The van der Waals surface area contributed by atoms with Gasteiger partial charge in [0.05, 0.1) is 11.0 Å². The molecule has 0 aliphatic rings. The summed E-state index contributed by atoms with van der Waals surface area (Å²) < 4.78 is 0. The lowest BCUT2D eigenvalue weighted by Crippen LogP contribution is -2.12. The van der Waals surface area contributed by atoms with Crippen molar-refractivity contribution in [3.63, 3.8) is 0 Å². The molecule has 6 nitrogen and oxygen atoms in total. The molecule has 0 radical (unpaired) electrons. The predicted octanol–water partition coefficient (Wildman–Crippen LogP) is 3.08. The van der Waals surface area contributed by atoms with E-state index in [1.54, 1.807) is 36.4 Å². The molecule has 3 rings (SSSR count). The summed E-state index contributed by atoms with van der Waals surface area (Å²) >= 11 is 0. The molecule has 2 amide bonds. The third kappa shape index (κ3) is 3.37. The number of anilines is 2. The number of aromatic nitrogens is 2. The minimum absolute atomic E-state index is 0.159. The van der Waals surface area contributed by atoms with Crippen LogP contribution in [0.5, 0.6) is 0 Å². The zero-order chi connectivity index (χ0) is 16.4. The molecule has 1 aromatic heterocycles. The first kappa shape index (κ1) is 14.8. The van der Waals surface area contributed by atoms with E-state index >= 15 is 0 Å². The average Bonchev–Trinajstić information content (AvgIpc) is 2.85. The molecule has 0 bridgehead atoms. The van der Waals surface area contributed by atoms with Gasteiger partial charge in [0.15, 0.2) is 0 Å². The third-order valence-corrected chi connectivity index (χ3v) is 3.30. The molecule has 1 heterocycles. The van der Waals surface area contributed by atoms with Crippen molar-refractivity contribution in [2.75, 3.05) is 10.6 Å². The van der Waals surface area contributed by atoms with Crippen LogP contribution in [-0.2, 0) is 4.79 Å². The molecule has 0 spiro atoms. The van der Waals surface area contributed by atoms with Gasteiger partial charge in [0, 0.05) is 23.9 Å². The zero-order valence-electron chi connectivity index (χ0n) is 12.8. The van der Waals surface area contributed by atoms with E-state index in [4.69, 9.17) is 0 Å². The first-order valence-electron chi connectivity index (χ1n) is 7.16. The fraction of sp³-hybridized carbons (Fsp3) is 0.118. The molecule has 0 unspecified atom stereocenters. The SMILES string of the molecule is CC(=O)Nc1cccc(NC(=O)c2ccc3nc(C)[nH]c3c2)c1. The fourth-order valence-electron chi connectivity index (χ4n) is 2.36. The van der Waals surface area contributed by atoms with E-state index in [0.717, 1.165) is 16.9 Å². The number of carbonyl (C=O) groups is 2. The van der Waals surface area contributed by atoms with E-state index in [9.17, 15) is 9.59 Å². The van der Waals surface area contributed by atoms with Crippen molar-refractivity contribution in [2.24, 2.45) is 0 Å². The van der Waals surface area contributed by atoms with Gasteiger partial charge in [-0.3, -0.25) is 9.59 Å². The Morgan fingerprint density at radius 3 is 2.52 bits per heavy atom. The van der Waals surface area contributed by atoms with Gasteiger partial charge in [-0.15, -0.1) is 0 Å². The van der Waals surface area contributed by atoms with E-state index in [1.807, 2.05) is 13.0 Å². The highest BCUT2D eigenvalue weighted by Crippen LogP contribution is 2.18. The molecule has 0 fully saturated rings. The van der Waals surface area contributed by atoms with Gasteiger partial charge >= 0.3 is 0 Å². The van der Waals surface area contributed by atoms with Crippen molar-refractivity contribution in [1.29, 1.82) is 0 Å². The van der Waals surface area contributed by atoms with Crippen molar-refractivity contribution in [3.05, 3.63) is 53.9 Å². The molecule has 6 heteroatoms. The lowest BCUT2D eigenvalue weighted by Gasteiger charge is -2.08. The molecule has 0 aliphatic heterocycles. The van der Waals surface area contributed by atoms with E-state index in [0.29, 0.717) is 16.9 Å². The topological polar surface area (TPSA) is 86.9 Å². The first-order chi connectivity index (χ1) is 11.0. The number of rotatable bonds is 3. The van der Waals surface area contributed by atoms with Crippen LogP contribution in [0, 0.1) is 6.92 Å². The highest BCUT2D eigenvalue weighted by Gasteiger charge is 2.09. The quantitative estimate of drug-likeness (QED) is 0.695. The Bertz CT molecular complexity index is 898. The number of hydrogen-bond acceptors (Lipinski definition) is 3. The van der Waals surface area contributed by atoms with Crippen molar-refractivity contribution in [3.8, 4) is 0 Å². The van der Waals surface area contributed by atoms with E-state index in [2.05, 4.69) is 20.6 Å². The van der Waals surface area contributed by atoms with Gasteiger partial charge in [-0.2, -0.15) is 0 Å². The van der Waals surface area contributed by atoms with Crippen LogP contribution in [0.2, 0.25) is 0 Å². The Hall–Kier alpha value is -3.15. The number of benzene rings is 2. The van der Waals surface area contributed by atoms with Crippen molar-refractivity contribution in [1.82, 2.24) is 9.97 Å². The maximum atomic E-state index is 12.4. The molecular formula is C17H16N4O2. The molecule has 0 saturated carbocycles. The molecular weight excluding hydrogens is 292 g/mol. The number of aromatic amines is 1. The maximum Gasteiger partial charge on any atom is 0.255 e. The molecule has 0 atom stereocenters. The van der Waals surface area contributed by atoms with E-state index < -0.39 is 0 Å². The summed E-state index contributed by atoms with van der Waals surface area (Å²) in [5.74, 6) is 0.424. The van der Waals surface area contributed by atoms with Gasteiger partial charge in [0.1, 0.15) is 5.82 Å². The minimum Gasteiger partial charge on any atom is -0.342 e. The number of nitrogens with zero attached hydrogens (tertiary/aromatic N) is 1. The van der Waals surface area contributed by atoms with Gasteiger partial charge in [0.25, 0.3) is 5.91 Å². The highest BCUT2D eigenvalue weighted by atomic mass is 16.2. The second-order valence-corrected chi connectivity index (χ2v) is 5.27. The lowest BCUT2D eigenvalue weighted by atomic mass is 10.2. The maximum absolute atomic E-state index is 12.4. The van der Waals surface area contributed by atoms with Gasteiger partial charge in [-0.25, -0.2) is 4.98 Å². The number of fused-ring (bicyclic) bond motifs is 1. The number of carbonyl (C=O) groups excluding carboxylic acids is 2. The van der Waals surface area contributed by atoms with Crippen molar-refractivity contribution < 1.29 is 9.59 Å². The first-order valence-corrected chi connectivity index (χ1v) is 7.16. The van der Waals surface area contributed by atoms with Crippen LogP contribution in [-0.4, -0.2) is 21.8 Å². The molecule has 0 aliphatic carbocycles. The van der Waals surface area contributed by atoms with E-state index in [-0.39, 0.29) is 11.8 Å². The van der Waals surface area contributed by atoms with Crippen LogP contribution < -0.4 is 10.6 Å². The number of hydrogen-bond donors (Lipinski definition) is 3. The van der Waals surface area contributed by atoms with Crippen LogP contribution in [0.15, 0.2) is 42.5 Å². The van der Waals surface area contributed by atoms with Gasteiger partial charge < -0.3 is 15.6 Å². The molecule has 2 aromatic carbocycles. The van der Waals surface area contributed by atoms with E-state index in [1.165, 1.54) is 6.92 Å². The summed E-state index contributed by atoms with van der Waals surface area (Å²) in [5, 5.41) is 5.50. The van der Waals surface area contributed by atoms with Gasteiger partial charge in [-0.05, 0) is 43.3 Å². The number of H-pyrrole nitrogens is 1. The van der Waals surface area contributed by atoms with Gasteiger partial charge in [-0.1, -0.05) is 6.07 Å². The van der Waals surface area contributed by atoms with Crippen LogP contribution in [0.4, 0.5) is 11.4 Å². The Morgan fingerprint density at radius 2 is 1.78 bits per heavy atom. The molecule has 23 heavy (non-hydrogen) atoms. The summed E-state index contributed by atoms with van der Waals surface area (Å²) in [7, 11) is 0. The molecule has 116 valence electrons. The zero-order valence-corrected chi connectivity index (χ0v) is 12.8. The summed E-state index contributed by atoms with van der Waals surface area (Å²) in [6, 6.07) is 12.3. The number of amides is 2. The van der Waals surface area contributed by atoms with Crippen LogP contribution in [0.1, 0.15) is 23.1 Å². The average molecular weight is 308 g/mol. The molecule has 3 aromatic rings. The standard InChI is InChI=1S/C17H16N4O2/c1-10-18-15-7-6-12(8-16(15)19-10)17(23)21-14-5-3-4-13(9-14)20-11(2)22/h3-9H,1-2H3,(H,18,19)(H,20,22)(H,21,23). The summed E-state index contributed by atoms with van der Waals surface area (Å²) in [6.07, 6.45) is 0. The second-order valence-electron chi connectivity index (χ2n) is 5.27. The van der Waals surface area contributed by atoms with Crippen LogP contribution in [0.3, 0.4) is 0 Å². The summed E-state index contributed by atoms with van der Waals surface area (Å²) in [6.45, 7) is 3.31. The Morgan fingerprint density at radius 1 is 1.04 bits per heavy atom. The van der Waals surface area contributed by atoms with Gasteiger partial charge in [0.2, 0.25) is 5.91 Å². The normalized spacial score (nSPS) is 10.5. The number of aryl methyl sites for hydroxylation is 1. The fourth-order valence-corrected chi connectivity index (χ4v) is 2.36. The van der Waals surface area contributed by atoms with Crippen molar-refractivity contribution >= 4 is 34.2 Å². The highest BCUT2D eigenvalue weighted by molar-refractivity contribution is 6.06. The largest absolute Gasteiger partial charge is 0.342 e. The smallest absolute Gasteiger partial charge is 0.255 e. The second kappa shape index (κ2) is 5.92. The Labute approximate surface area is 132 Å². The molecule has 0 saturated heterocycles. The van der Waals surface area contributed by atoms with Crippen LogP contribution in [0.25, 0.3) is 11.0 Å². The van der Waals surface area contributed by atoms with Crippen molar-refractivity contribution in [2.45, 2.75) is 13.8 Å². The Balaban J connectivity index is 1.81. The lowest BCUT2D eigenvalue weighted by molar-refractivity contribution is -0.114.